The van der Waals surface area contributed by atoms with Crippen molar-refractivity contribution in [1.82, 2.24) is 4.98 Å². The lowest BCUT2D eigenvalue weighted by molar-refractivity contribution is 0.0482. The van der Waals surface area contributed by atoms with Gasteiger partial charge >= 0.3 is 11.9 Å². The van der Waals surface area contributed by atoms with Crippen LogP contribution >= 0.6 is 0 Å². The molecule has 0 spiro atoms. The number of pyridine rings is 1. The Hall–Kier alpha value is -1.91. The summed E-state index contributed by atoms with van der Waals surface area (Å²) in [5, 5.41) is 0. The quantitative estimate of drug-likeness (QED) is 0.169. The monoisotopic (exact) mass is 433 g/mol. The largest absolute Gasteiger partial charge is 0.461 e. The molecule has 0 aromatic carbocycles. The van der Waals surface area contributed by atoms with E-state index in [-0.39, 0.29) is 11.4 Å². The first-order chi connectivity index (χ1) is 15.2. The van der Waals surface area contributed by atoms with Crippen LogP contribution in [0.4, 0.5) is 0 Å². The lowest BCUT2D eigenvalue weighted by atomic mass is 10.1. The van der Waals surface area contributed by atoms with Crippen LogP contribution < -0.4 is 0 Å². The van der Waals surface area contributed by atoms with E-state index < -0.39 is 11.9 Å². The molecule has 0 aliphatic heterocycles. The van der Waals surface area contributed by atoms with E-state index in [9.17, 15) is 9.59 Å². The molecular formula is C26H43NO4. The average molecular weight is 434 g/mol. The molecule has 5 heteroatoms. The predicted octanol–water partition coefficient (Wildman–Crippen LogP) is 7.29. The first-order valence-corrected chi connectivity index (χ1v) is 12.5. The molecule has 1 aromatic heterocycles. The Morgan fingerprint density at radius 1 is 0.613 bits per heavy atom. The highest BCUT2D eigenvalue weighted by atomic mass is 16.5. The van der Waals surface area contributed by atoms with E-state index in [4.69, 9.17) is 9.47 Å². The molecule has 1 heterocycles. The van der Waals surface area contributed by atoms with Gasteiger partial charge in [0.15, 0.2) is 0 Å². The van der Waals surface area contributed by atoms with Crippen LogP contribution in [0.3, 0.4) is 0 Å². The molecule has 31 heavy (non-hydrogen) atoms. The average Bonchev–Trinajstić information content (AvgIpc) is 2.79. The maximum Gasteiger partial charge on any atom is 0.356 e. The number of ether oxygens (including phenoxy) is 2. The molecule has 0 fully saturated rings. The topological polar surface area (TPSA) is 65.5 Å². The number of esters is 2. The molecule has 0 saturated heterocycles. The lowest BCUT2D eigenvalue weighted by Crippen LogP contribution is -2.13. The maximum atomic E-state index is 12.2. The molecule has 0 N–H and O–H groups in total. The zero-order valence-electron chi connectivity index (χ0n) is 19.8. The summed E-state index contributed by atoms with van der Waals surface area (Å²) in [5.74, 6) is -0.976. The van der Waals surface area contributed by atoms with Crippen molar-refractivity contribution in [2.24, 2.45) is 0 Å². The van der Waals surface area contributed by atoms with Crippen molar-refractivity contribution in [3.05, 3.63) is 29.6 Å². The minimum Gasteiger partial charge on any atom is -0.461 e. The van der Waals surface area contributed by atoms with Crippen LogP contribution in [0.5, 0.6) is 0 Å². The van der Waals surface area contributed by atoms with Crippen LogP contribution in [-0.2, 0) is 9.47 Å². The summed E-state index contributed by atoms with van der Waals surface area (Å²) in [4.78, 5) is 28.3. The highest BCUT2D eigenvalue weighted by Crippen LogP contribution is 2.12. The van der Waals surface area contributed by atoms with E-state index in [1.165, 1.54) is 64.2 Å². The zero-order chi connectivity index (χ0) is 22.6. The van der Waals surface area contributed by atoms with Crippen molar-refractivity contribution in [2.45, 2.75) is 110 Å². The number of carbonyl (C=O) groups excluding carboxylic acids is 2. The van der Waals surface area contributed by atoms with E-state index >= 15 is 0 Å². The predicted molar refractivity (Wildman–Crippen MR) is 125 cm³/mol. The number of hydrogen-bond acceptors (Lipinski definition) is 5. The van der Waals surface area contributed by atoms with Crippen LogP contribution in [0.15, 0.2) is 18.2 Å². The Labute approximate surface area is 189 Å². The van der Waals surface area contributed by atoms with Gasteiger partial charge in [-0.3, -0.25) is 0 Å². The van der Waals surface area contributed by atoms with E-state index in [2.05, 4.69) is 18.8 Å². The first-order valence-electron chi connectivity index (χ1n) is 12.5. The van der Waals surface area contributed by atoms with Crippen LogP contribution in [0, 0.1) is 0 Å². The van der Waals surface area contributed by atoms with Crippen molar-refractivity contribution < 1.29 is 19.1 Å². The lowest BCUT2D eigenvalue weighted by Gasteiger charge is -2.07. The molecular weight excluding hydrogens is 390 g/mol. The molecule has 0 aliphatic rings. The normalized spacial score (nSPS) is 10.8. The molecule has 0 bridgehead atoms. The van der Waals surface area contributed by atoms with Gasteiger partial charge in [0, 0.05) is 0 Å². The van der Waals surface area contributed by atoms with Gasteiger partial charge in [0.2, 0.25) is 0 Å². The van der Waals surface area contributed by atoms with Gasteiger partial charge < -0.3 is 9.47 Å². The number of hydrogen-bond donors (Lipinski definition) is 0. The van der Waals surface area contributed by atoms with Crippen molar-refractivity contribution in [3.8, 4) is 0 Å². The minimum atomic E-state index is -0.494. The summed E-state index contributed by atoms with van der Waals surface area (Å²) in [6.07, 6.45) is 18.1. The van der Waals surface area contributed by atoms with Gasteiger partial charge in [-0.25, -0.2) is 14.6 Å². The molecule has 0 aliphatic carbocycles. The molecule has 0 amide bonds. The van der Waals surface area contributed by atoms with Gasteiger partial charge in [-0.1, -0.05) is 103 Å². The summed E-state index contributed by atoms with van der Waals surface area (Å²) in [7, 11) is 0. The van der Waals surface area contributed by atoms with E-state index in [0.717, 1.165) is 32.1 Å². The van der Waals surface area contributed by atoms with Gasteiger partial charge in [-0.2, -0.15) is 0 Å². The second kappa shape index (κ2) is 18.8. The fourth-order valence-corrected chi connectivity index (χ4v) is 3.43. The van der Waals surface area contributed by atoms with Gasteiger partial charge in [0.25, 0.3) is 0 Å². The van der Waals surface area contributed by atoms with Gasteiger partial charge in [0.05, 0.1) is 13.2 Å². The molecule has 0 radical (unpaired) electrons. The number of carbonyl (C=O) groups is 2. The summed E-state index contributed by atoms with van der Waals surface area (Å²) in [6, 6.07) is 4.76. The number of unbranched alkanes of at least 4 members (excludes halogenated alkanes) is 13. The minimum absolute atomic E-state index is 0.149. The van der Waals surface area contributed by atoms with Gasteiger partial charge in [0.1, 0.15) is 11.4 Å². The van der Waals surface area contributed by atoms with Crippen molar-refractivity contribution in [1.29, 1.82) is 0 Å². The number of rotatable bonds is 19. The standard InChI is InChI=1S/C26H43NO4/c1-3-5-7-8-9-10-11-12-13-14-15-17-22-31-26(29)24-20-18-19-23(27-24)25(28)30-21-16-6-4-2/h18-20H,3-17,21-22H2,1-2H3. The Morgan fingerprint density at radius 2 is 0.968 bits per heavy atom. The van der Waals surface area contributed by atoms with E-state index in [1.807, 2.05) is 0 Å². The third-order valence-electron chi connectivity index (χ3n) is 5.38. The number of nitrogens with zero attached hydrogens (tertiary/aromatic N) is 1. The maximum absolute atomic E-state index is 12.2. The summed E-state index contributed by atoms with van der Waals surface area (Å²) in [5.41, 5.74) is 0.304. The Morgan fingerprint density at radius 3 is 1.42 bits per heavy atom. The second-order valence-electron chi connectivity index (χ2n) is 8.28. The van der Waals surface area contributed by atoms with Gasteiger partial charge in [-0.05, 0) is 25.0 Å². The van der Waals surface area contributed by atoms with Crippen molar-refractivity contribution in [3.63, 3.8) is 0 Å². The SMILES string of the molecule is CCCCCCCCCCCCCCOC(=O)c1cccc(C(=O)OCCCCC)n1. The molecule has 1 aromatic rings. The Kier molecular flexibility index (Phi) is 16.5. The number of aromatic nitrogens is 1. The second-order valence-corrected chi connectivity index (χ2v) is 8.28. The van der Waals surface area contributed by atoms with Crippen LogP contribution in [-0.4, -0.2) is 30.1 Å². The molecule has 1 rings (SSSR count). The third kappa shape index (κ3) is 13.9. The van der Waals surface area contributed by atoms with E-state index in [0.29, 0.717) is 13.2 Å². The molecule has 0 saturated carbocycles. The van der Waals surface area contributed by atoms with E-state index in [1.54, 1.807) is 18.2 Å². The highest BCUT2D eigenvalue weighted by Gasteiger charge is 2.14. The third-order valence-corrected chi connectivity index (χ3v) is 5.38. The smallest absolute Gasteiger partial charge is 0.356 e. The van der Waals surface area contributed by atoms with Crippen LogP contribution in [0.25, 0.3) is 0 Å². The Bertz CT molecular complexity index is 603. The van der Waals surface area contributed by atoms with Gasteiger partial charge in [-0.15, -0.1) is 0 Å². The summed E-state index contributed by atoms with van der Waals surface area (Å²) >= 11 is 0. The fraction of sp³-hybridized carbons (Fsp3) is 0.731. The first kappa shape index (κ1) is 27.1. The van der Waals surface area contributed by atoms with Crippen molar-refractivity contribution >= 4 is 11.9 Å². The zero-order valence-corrected chi connectivity index (χ0v) is 19.8. The molecule has 176 valence electrons. The molecule has 0 atom stereocenters. The molecule has 5 nitrogen and oxygen atoms in total. The fourth-order valence-electron chi connectivity index (χ4n) is 3.43. The Balaban J connectivity index is 2.10. The summed E-state index contributed by atoms with van der Waals surface area (Å²) in [6.45, 7) is 5.12. The van der Waals surface area contributed by atoms with Crippen LogP contribution in [0.2, 0.25) is 0 Å². The van der Waals surface area contributed by atoms with Crippen LogP contribution in [0.1, 0.15) is 131 Å². The summed E-state index contributed by atoms with van der Waals surface area (Å²) < 4.78 is 10.5. The van der Waals surface area contributed by atoms with Crippen molar-refractivity contribution in [2.75, 3.05) is 13.2 Å². The highest BCUT2D eigenvalue weighted by molar-refractivity contribution is 5.91. The molecule has 0 unspecified atom stereocenters.